The first-order valence-corrected chi connectivity index (χ1v) is 13.1. The van der Waals surface area contributed by atoms with E-state index in [1.807, 2.05) is 12.1 Å². The molecule has 1 aromatic heterocycles. The van der Waals surface area contributed by atoms with Crippen molar-refractivity contribution in [1.82, 2.24) is 4.31 Å². The number of aryl methyl sites for hydroxylation is 2. The van der Waals surface area contributed by atoms with Crippen molar-refractivity contribution in [2.45, 2.75) is 30.6 Å². The van der Waals surface area contributed by atoms with Gasteiger partial charge in [-0.3, -0.25) is 4.79 Å². The Hall–Kier alpha value is -2.59. The molecule has 0 atom stereocenters. The highest BCUT2D eigenvalue weighted by molar-refractivity contribution is 7.89. The number of amides is 1. The van der Waals surface area contributed by atoms with Crippen LogP contribution in [0.5, 0.6) is 5.75 Å². The monoisotopic (exact) mass is 504 g/mol. The zero-order valence-electron chi connectivity index (χ0n) is 18.5. The first kappa shape index (κ1) is 23.2. The van der Waals surface area contributed by atoms with E-state index in [1.165, 1.54) is 28.1 Å². The maximum Gasteiger partial charge on any atom is 0.262 e. The SMILES string of the molecule is O=C(COc1ccc2oc3c(c2c1)CCCC3)Nc1cc(S(=O)(=O)N2CCOCC2)ccc1Cl. The predicted molar refractivity (Wildman–Crippen MR) is 128 cm³/mol. The van der Waals surface area contributed by atoms with Gasteiger partial charge in [0.05, 0.1) is 28.8 Å². The number of hydrogen-bond acceptors (Lipinski definition) is 6. The number of sulfonamides is 1. The Morgan fingerprint density at radius 3 is 2.71 bits per heavy atom. The van der Waals surface area contributed by atoms with Crippen LogP contribution in [-0.2, 0) is 32.4 Å². The molecule has 0 saturated carbocycles. The Balaban J connectivity index is 1.27. The lowest BCUT2D eigenvalue weighted by Gasteiger charge is -2.26. The number of ether oxygens (including phenoxy) is 2. The number of halogens is 1. The lowest BCUT2D eigenvalue weighted by molar-refractivity contribution is -0.118. The van der Waals surface area contributed by atoms with Crippen molar-refractivity contribution < 1.29 is 27.1 Å². The summed E-state index contributed by atoms with van der Waals surface area (Å²) in [4.78, 5) is 12.6. The molecule has 1 N–H and O–H groups in total. The lowest BCUT2D eigenvalue weighted by atomic mass is 9.96. The Bertz CT molecular complexity index is 1330. The van der Waals surface area contributed by atoms with Crippen molar-refractivity contribution in [3.05, 3.63) is 52.7 Å². The molecule has 1 fully saturated rings. The summed E-state index contributed by atoms with van der Waals surface area (Å²) in [5.74, 6) is 1.15. The van der Waals surface area contributed by atoms with Gasteiger partial charge in [-0.15, -0.1) is 0 Å². The molecule has 0 radical (unpaired) electrons. The van der Waals surface area contributed by atoms with Gasteiger partial charge < -0.3 is 19.2 Å². The summed E-state index contributed by atoms with van der Waals surface area (Å²) in [6.45, 7) is 1.01. The van der Waals surface area contributed by atoms with Crippen molar-refractivity contribution in [3.63, 3.8) is 0 Å². The van der Waals surface area contributed by atoms with Crippen molar-refractivity contribution in [3.8, 4) is 5.75 Å². The van der Waals surface area contributed by atoms with Crippen molar-refractivity contribution in [2.75, 3.05) is 38.2 Å². The van der Waals surface area contributed by atoms with Gasteiger partial charge in [-0.2, -0.15) is 4.31 Å². The van der Waals surface area contributed by atoms with E-state index in [-0.39, 0.29) is 35.3 Å². The first-order chi connectivity index (χ1) is 16.4. The smallest absolute Gasteiger partial charge is 0.262 e. The molecule has 0 bridgehead atoms. The van der Waals surface area contributed by atoms with Gasteiger partial charge in [0.1, 0.15) is 17.1 Å². The largest absolute Gasteiger partial charge is 0.484 e. The standard InChI is InChI=1S/C24H25ClN2O6S/c25-20-7-6-17(34(29,30)27-9-11-31-12-10-27)14-21(20)26-24(28)15-32-16-5-8-23-19(13-16)18-3-1-2-4-22(18)33-23/h5-8,13-14H,1-4,9-12,15H2,(H,26,28). The maximum absolute atomic E-state index is 12.9. The molecule has 8 nitrogen and oxygen atoms in total. The van der Waals surface area contributed by atoms with Crippen LogP contribution >= 0.6 is 11.6 Å². The molecule has 1 aliphatic carbocycles. The summed E-state index contributed by atoms with van der Waals surface area (Å²) in [7, 11) is -3.71. The van der Waals surface area contributed by atoms with Crippen LogP contribution in [0, 0.1) is 0 Å². The lowest BCUT2D eigenvalue weighted by Crippen LogP contribution is -2.40. The minimum absolute atomic E-state index is 0.0604. The summed E-state index contributed by atoms with van der Waals surface area (Å²) < 4.78 is 44.1. The van der Waals surface area contributed by atoms with E-state index in [2.05, 4.69) is 5.32 Å². The molecule has 1 saturated heterocycles. The van der Waals surface area contributed by atoms with Crippen LogP contribution in [0.2, 0.25) is 5.02 Å². The van der Waals surface area contributed by atoms with Gasteiger partial charge in [0, 0.05) is 30.5 Å². The number of nitrogens with zero attached hydrogens (tertiary/aromatic N) is 1. The second kappa shape index (κ2) is 9.58. The van der Waals surface area contributed by atoms with Gasteiger partial charge in [-0.25, -0.2) is 8.42 Å². The molecular weight excluding hydrogens is 480 g/mol. The first-order valence-electron chi connectivity index (χ1n) is 11.3. The van der Waals surface area contributed by atoms with Gasteiger partial charge in [0.15, 0.2) is 6.61 Å². The maximum atomic E-state index is 12.9. The summed E-state index contributed by atoms with van der Waals surface area (Å²) >= 11 is 6.22. The molecule has 10 heteroatoms. The molecule has 1 aliphatic heterocycles. The minimum Gasteiger partial charge on any atom is -0.484 e. The topological polar surface area (TPSA) is 98.1 Å². The third kappa shape index (κ3) is 4.65. The van der Waals surface area contributed by atoms with Crippen LogP contribution in [0.4, 0.5) is 5.69 Å². The summed E-state index contributed by atoms with van der Waals surface area (Å²) in [6.07, 6.45) is 4.20. The third-order valence-electron chi connectivity index (χ3n) is 6.12. The van der Waals surface area contributed by atoms with Crippen molar-refractivity contribution in [2.24, 2.45) is 0 Å². The zero-order chi connectivity index (χ0) is 23.7. The minimum atomic E-state index is -3.71. The van der Waals surface area contributed by atoms with Crippen LogP contribution in [0.25, 0.3) is 11.0 Å². The van der Waals surface area contributed by atoms with Gasteiger partial charge in [-0.1, -0.05) is 11.6 Å². The highest BCUT2D eigenvalue weighted by Crippen LogP contribution is 2.34. The molecule has 2 heterocycles. The number of nitrogens with one attached hydrogen (secondary N) is 1. The summed E-state index contributed by atoms with van der Waals surface area (Å²) in [5.41, 5.74) is 2.26. The van der Waals surface area contributed by atoms with Crippen LogP contribution in [-0.4, -0.2) is 51.5 Å². The van der Waals surface area contributed by atoms with E-state index in [0.717, 1.165) is 42.4 Å². The van der Waals surface area contributed by atoms with E-state index in [4.69, 9.17) is 25.5 Å². The van der Waals surface area contributed by atoms with Crippen LogP contribution in [0.1, 0.15) is 24.2 Å². The molecule has 0 spiro atoms. The number of rotatable bonds is 6. The van der Waals surface area contributed by atoms with E-state index >= 15 is 0 Å². The average Bonchev–Trinajstić information content (AvgIpc) is 3.22. The normalized spacial score (nSPS) is 16.9. The molecule has 3 aromatic rings. The summed E-state index contributed by atoms with van der Waals surface area (Å²) in [5, 5.41) is 3.92. The number of hydrogen-bond donors (Lipinski definition) is 1. The quantitative estimate of drug-likeness (QED) is 0.545. The van der Waals surface area contributed by atoms with Gasteiger partial charge in [0.2, 0.25) is 10.0 Å². The van der Waals surface area contributed by atoms with E-state index in [0.29, 0.717) is 19.0 Å². The van der Waals surface area contributed by atoms with E-state index in [9.17, 15) is 13.2 Å². The third-order valence-corrected chi connectivity index (χ3v) is 8.34. The molecule has 180 valence electrons. The van der Waals surface area contributed by atoms with Gasteiger partial charge in [-0.05, 0) is 55.7 Å². The van der Waals surface area contributed by atoms with Crippen LogP contribution in [0.3, 0.4) is 0 Å². The molecule has 0 unspecified atom stereocenters. The fourth-order valence-corrected chi connectivity index (χ4v) is 5.96. The average molecular weight is 505 g/mol. The Morgan fingerprint density at radius 2 is 1.88 bits per heavy atom. The number of furan rings is 1. The molecule has 2 aliphatic rings. The Morgan fingerprint density at radius 1 is 1.09 bits per heavy atom. The molecule has 1 amide bonds. The molecule has 2 aromatic carbocycles. The highest BCUT2D eigenvalue weighted by atomic mass is 35.5. The number of carbonyl (C=O) groups excluding carboxylic acids is 1. The predicted octanol–water partition coefficient (Wildman–Crippen LogP) is 4.00. The summed E-state index contributed by atoms with van der Waals surface area (Å²) in [6, 6.07) is 9.79. The number of carbonyl (C=O) groups is 1. The van der Waals surface area contributed by atoms with Crippen molar-refractivity contribution >= 4 is 44.2 Å². The van der Waals surface area contributed by atoms with Crippen molar-refractivity contribution in [1.29, 1.82) is 0 Å². The fourth-order valence-electron chi connectivity index (χ4n) is 4.36. The zero-order valence-corrected chi connectivity index (χ0v) is 20.1. The van der Waals surface area contributed by atoms with Crippen LogP contribution in [0.15, 0.2) is 45.7 Å². The van der Waals surface area contributed by atoms with Gasteiger partial charge in [0.25, 0.3) is 5.91 Å². The Labute approximate surface area is 202 Å². The second-order valence-electron chi connectivity index (χ2n) is 8.36. The fraction of sp³-hybridized carbons (Fsp3) is 0.375. The van der Waals surface area contributed by atoms with E-state index < -0.39 is 15.9 Å². The highest BCUT2D eigenvalue weighted by Gasteiger charge is 2.27. The van der Waals surface area contributed by atoms with Crippen LogP contribution < -0.4 is 10.1 Å². The second-order valence-corrected chi connectivity index (χ2v) is 10.7. The number of anilines is 1. The molecule has 34 heavy (non-hydrogen) atoms. The van der Waals surface area contributed by atoms with Gasteiger partial charge >= 0.3 is 0 Å². The Kier molecular flexibility index (Phi) is 6.52. The number of fused-ring (bicyclic) bond motifs is 3. The number of morpholine rings is 1. The molecule has 5 rings (SSSR count). The van der Waals surface area contributed by atoms with E-state index in [1.54, 1.807) is 6.07 Å². The number of benzene rings is 2. The molecular formula is C24H25ClN2O6S.